The highest BCUT2D eigenvalue weighted by atomic mass is 16.2. The first-order chi connectivity index (χ1) is 10.8. The Labute approximate surface area is 131 Å². The Kier molecular flexibility index (Phi) is 6.37. The van der Waals surface area contributed by atoms with E-state index < -0.39 is 0 Å². The summed E-state index contributed by atoms with van der Waals surface area (Å²) in [6.07, 6.45) is 2.36. The van der Waals surface area contributed by atoms with Crippen molar-refractivity contribution in [2.24, 2.45) is 0 Å². The van der Waals surface area contributed by atoms with Crippen LogP contribution in [0, 0.1) is 0 Å². The van der Waals surface area contributed by atoms with Gasteiger partial charge in [0.05, 0.1) is 0 Å². The molecule has 22 heavy (non-hydrogen) atoms. The Bertz CT molecular complexity index is 593. The number of aryl methyl sites for hydroxylation is 1. The monoisotopic (exact) mass is 295 g/mol. The number of nitrogens with one attached hydrogen (secondary N) is 1. The molecule has 0 radical (unpaired) electrons. The summed E-state index contributed by atoms with van der Waals surface area (Å²) in [5, 5.41) is 2.87. The Morgan fingerprint density at radius 2 is 1.45 bits per heavy atom. The Morgan fingerprint density at radius 1 is 0.818 bits per heavy atom. The molecular weight excluding hydrogens is 274 g/mol. The minimum absolute atomic E-state index is 0.0139. The van der Waals surface area contributed by atoms with Gasteiger partial charge < -0.3 is 5.32 Å². The zero-order chi connectivity index (χ0) is 15.6. The lowest BCUT2D eigenvalue weighted by Gasteiger charge is -2.05. The van der Waals surface area contributed by atoms with Crippen LogP contribution in [-0.4, -0.2) is 18.2 Å². The van der Waals surface area contributed by atoms with Gasteiger partial charge in [0.15, 0.2) is 5.78 Å². The average Bonchev–Trinajstić information content (AvgIpc) is 2.58. The summed E-state index contributed by atoms with van der Waals surface area (Å²) < 4.78 is 0. The smallest absolute Gasteiger partial charge is 0.220 e. The predicted molar refractivity (Wildman–Crippen MR) is 87.8 cm³/mol. The Morgan fingerprint density at radius 3 is 2.14 bits per heavy atom. The minimum Gasteiger partial charge on any atom is -0.356 e. The van der Waals surface area contributed by atoms with Gasteiger partial charge in [-0.25, -0.2) is 0 Å². The summed E-state index contributed by atoms with van der Waals surface area (Å²) >= 11 is 0. The highest BCUT2D eigenvalue weighted by Gasteiger charge is 2.08. The van der Waals surface area contributed by atoms with E-state index in [1.807, 2.05) is 36.4 Å². The Hall–Kier alpha value is -2.42. The lowest BCUT2D eigenvalue weighted by molar-refractivity contribution is -0.121. The summed E-state index contributed by atoms with van der Waals surface area (Å²) in [5.41, 5.74) is 1.94. The number of benzene rings is 2. The van der Waals surface area contributed by atoms with E-state index in [1.165, 1.54) is 5.56 Å². The molecule has 2 rings (SSSR count). The molecule has 0 saturated heterocycles. The molecule has 3 nitrogen and oxygen atoms in total. The van der Waals surface area contributed by atoms with Crippen molar-refractivity contribution in [1.82, 2.24) is 5.32 Å². The van der Waals surface area contributed by atoms with E-state index in [1.54, 1.807) is 12.1 Å². The molecular formula is C19H21NO2. The van der Waals surface area contributed by atoms with E-state index in [9.17, 15) is 9.59 Å². The van der Waals surface area contributed by atoms with Crippen LogP contribution in [0.1, 0.15) is 35.2 Å². The van der Waals surface area contributed by atoms with Crippen LogP contribution in [-0.2, 0) is 11.2 Å². The number of hydrogen-bond acceptors (Lipinski definition) is 2. The fourth-order valence-corrected chi connectivity index (χ4v) is 2.25. The van der Waals surface area contributed by atoms with Crippen LogP contribution in [0.2, 0.25) is 0 Å². The molecule has 0 heterocycles. The molecule has 0 spiro atoms. The summed E-state index contributed by atoms with van der Waals surface area (Å²) in [4.78, 5) is 23.6. The van der Waals surface area contributed by atoms with Crippen molar-refractivity contribution >= 4 is 11.7 Å². The maximum absolute atomic E-state index is 11.9. The van der Waals surface area contributed by atoms with Crippen LogP contribution >= 0.6 is 0 Å². The molecule has 0 fully saturated rings. The van der Waals surface area contributed by atoms with Crippen molar-refractivity contribution in [3.8, 4) is 0 Å². The van der Waals surface area contributed by atoms with Gasteiger partial charge in [-0.1, -0.05) is 60.7 Å². The highest BCUT2D eigenvalue weighted by molar-refractivity contribution is 5.97. The summed E-state index contributed by atoms with van der Waals surface area (Å²) in [7, 11) is 0. The van der Waals surface area contributed by atoms with Crippen LogP contribution < -0.4 is 5.32 Å². The fourth-order valence-electron chi connectivity index (χ4n) is 2.25. The summed E-state index contributed by atoms with van der Waals surface area (Å²) in [6, 6.07) is 19.3. The highest BCUT2D eigenvalue weighted by Crippen LogP contribution is 2.05. The standard InChI is InChI=1S/C19H21NO2/c21-18(17-11-5-2-6-12-17)13-14-19(22)20-15-7-10-16-8-3-1-4-9-16/h1-6,8-9,11-12H,7,10,13-15H2,(H,20,22). The molecule has 3 heteroatoms. The van der Waals surface area contributed by atoms with Crippen molar-refractivity contribution < 1.29 is 9.59 Å². The molecule has 0 atom stereocenters. The molecule has 0 saturated carbocycles. The third-order valence-corrected chi connectivity index (χ3v) is 3.48. The molecule has 0 aliphatic heterocycles. The van der Waals surface area contributed by atoms with Gasteiger partial charge in [-0.05, 0) is 18.4 Å². The van der Waals surface area contributed by atoms with Gasteiger partial charge in [-0.15, -0.1) is 0 Å². The van der Waals surface area contributed by atoms with Crippen LogP contribution in [0.25, 0.3) is 0 Å². The van der Waals surface area contributed by atoms with Crippen LogP contribution in [0.3, 0.4) is 0 Å². The number of Topliss-reactive ketones (excluding diaryl/α,β-unsaturated/α-hetero) is 1. The zero-order valence-electron chi connectivity index (χ0n) is 12.6. The maximum Gasteiger partial charge on any atom is 0.220 e. The summed E-state index contributed by atoms with van der Waals surface area (Å²) in [5.74, 6) is -0.0441. The van der Waals surface area contributed by atoms with Gasteiger partial charge in [0, 0.05) is 24.9 Å². The number of carbonyl (C=O) groups excluding carboxylic acids is 2. The van der Waals surface area contributed by atoms with Crippen LogP contribution in [0.5, 0.6) is 0 Å². The molecule has 0 aromatic heterocycles. The molecule has 1 N–H and O–H groups in total. The summed E-state index contributed by atoms with van der Waals surface area (Å²) in [6.45, 7) is 0.646. The second-order valence-corrected chi connectivity index (χ2v) is 5.23. The van der Waals surface area contributed by atoms with E-state index in [4.69, 9.17) is 0 Å². The normalized spacial score (nSPS) is 10.2. The first kappa shape index (κ1) is 16.0. The quantitative estimate of drug-likeness (QED) is 0.599. The van der Waals surface area contributed by atoms with E-state index in [0.717, 1.165) is 12.8 Å². The van der Waals surface area contributed by atoms with Crippen molar-refractivity contribution in [2.45, 2.75) is 25.7 Å². The van der Waals surface area contributed by atoms with E-state index >= 15 is 0 Å². The number of rotatable bonds is 8. The van der Waals surface area contributed by atoms with E-state index in [-0.39, 0.29) is 24.5 Å². The molecule has 2 aromatic carbocycles. The SMILES string of the molecule is O=C(CCC(=O)c1ccccc1)NCCCc1ccccc1. The third-order valence-electron chi connectivity index (χ3n) is 3.48. The molecule has 0 aliphatic carbocycles. The number of carbonyl (C=O) groups is 2. The molecule has 1 amide bonds. The second kappa shape index (κ2) is 8.78. The number of ketones is 1. The van der Waals surface area contributed by atoms with Crippen LogP contribution in [0.4, 0.5) is 0 Å². The zero-order valence-corrected chi connectivity index (χ0v) is 12.6. The molecule has 0 bridgehead atoms. The number of amides is 1. The largest absolute Gasteiger partial charge is 0.356 e. The van der Waals surface area contributed by atoms with Crippen molar-refractivity contribution in [2.75, 3.05) is 6.54 Å². The predicted octanol–water partition coefficient (Wildman–Crippen LogP) is 3.40. The lowest BCUT2D eigenvalue weighted by atomic mass is 10.1. The van der Waals surface area contributed by atoms with Crippen molar-refractivity contribution in [1.29, 1.82) is 0 Å². The number of hydrogen-bond donors (Lipinski definition) is 1. The van der Waals surface area contributed by atoms with Crippen molar-refractivity contribution in [3.05, 3.63) is 71.8 Å². The Balaban J connectivity index is 1.61. The van der Waals surface area contributed by atoms with Crippen molar-refractivity contribution in [3.63, 3.8) is 0 Å². The second-order valence-electron chi connectivity index (χ2n) is 5.23. The topological polar surface area (TPSA) is 46.2 Å². The van der Waals surface area contributed by atoms with Gasteiger partial charge in [0.25, 0.3) is 0 Å². The van der Waals surface area contributed by atoms with Gasteiger partial charge in [-0.3, -0.25) is 9.59 Å². The van der Waals surface area contributed by atoms with E-state index in [0.29, 0.717) is 12.1 Å². The molecule has 0 unspecified atom stereocenters. The molecule has 0 aliphatic rings. The average molecular weight is 295 g/mol. The maximum atomic E-state index is 11.9. The van der Waals surface area contributed by atoms with Gasteiger partial charge >= 0.3 is 0 Å². The van der Waals surface area contributed by atoms with Gasteiger partial charge in [0.1, 0.15) is 0 Å². The first-order valence-corrected chi connectivity index (χ1v) is 7.64. The van der Waals surface area contributed by atoms with Gasteiger partial charge in [0.2, 0.25) is 5.91 Å². The van der Waals surface area contributed by atoms with Gasteiger partial charge in [-0.2, -0.15) is 0 Å². The van der Waals surface area contributed by atoms with E-state index in [2.05, 4.69) is 17.4 Å². The molecule has 2 aromatic rings. The first-order valence-electron chi connectivity index (χ1n) is 7.64. The third kappa shape index (κ3) is 5.52. The molecule has 114 valence electrons. The fraction of sp³-hybridized carbons (Fsp3) is 0.263. The minimum atomic E-state index is -0.0580. The lowest BCUT2D eigenvalue weighted by Crippen LogP contribution is -2.25. The van der Waals surface area contributed by atoms with Crippen LogP contribution in [0.15, 0.2) is 60.7 Å².